The Labute approximate surface area is 197 Å². The zero-order valence-electron chi connectivity index (χ0n) is 19.0. The van der Waals surface area contributed by atoms with E-state index in [1.165, 1.54) is 19.3 Å². The predicted octanol–water partition coefficient (Wildman–Crippen LogP) is 3.33. The number of aliphatic hydroxyl groups is 1. The molecule has 0 saturated heterocycles. The van der Waals surface area contributed by atoms with Gasteiger partial charge in [0.15, 0.2) is 0 Å². The van der Waals surface area contributed by atoms with Gasteiger partial charge in [-0.25, -0.2) is 8.42 Å². The van der Waals surface area contributed by atoms with E-state index in [1.807, 2.05) is 0 Å². The van der Waals surface area contributed by atoms with Gasteiger partial charge >= 0.3 is 29.6 Å². The summed E-state index contributed by atoms with van der Waals surface area (Å²) in [5.41, 5.74) is 0. The van der Waals surface area contributed by atoms with Crippen molar-refractivity contribution < 1.29 is 47.6 Å². The third-order valence-electron chi connectivity index (χ3n) is 5.49. The Morgan fingerprint density at radius 3 is 1.43 bits per heavy atom. The molecule has 0 heterocycles. The van der Waals surface area contributed by atoms with Gasteiger partial charge in [0.2, 0.25) is 0 Å². The summed E-state index contributed by atoms with van der Waals surface area (Å²) < 4.78 is 34.4. The van der Waals surface area contributed by atoms with E-state index in [2.05, 4.69) is 13.8 Å². The van der Waals surface area contributed by atoms with Crippen LogP contribution in [0.25, 0.3) is 0 Å². The molecule has 1 N–H and O–H groups in total. The fraction of sp³-hybridized carbons (Fsp3) is 1.00. The maximum Gasteiger partial charge on any atom is 1.00 e. The second kappa shape index (κ2) is 21.1. The molecular weight excluding hydrogens is 383 g/mol. The summed E-state index contributed by atoms with van der Waals surface area (Å²) in [4.78, 5) is 0. The second-order valence-corrected chi connectivity index (χ2v) is 9.82. The normalized spacial score (nSPS) is 13.9. The van der Waals surface area contributed by atoms with Crippen LogP contribution < -0.4 is 29.6 Å². The third-order valence-corrected chi connectivity index (χ3v) is 6.78. The SMILES string of the molecule is CCCCCCCCC(CCCCCCCCC(O)CCCC)S(=O)(=O)[O-].[Na+]. The van der Waals surface area contributed by atoms with E-state index in [9.17, 15) is 18.1 Å². The fourth-order valence-electron chi connectivity index (χ4n) is 3.63. The van der Waals surface area contributed by atoms with Gasteiger partial charge in [-0.1, -0.05) is 104 Å². The Morgan fingerprint density at radius 1 is 0.643 bits per heavy atom. The molecule has 2 atom stereocenters. The van der Waals surface area contributed by atoms with E-state index in [4.69, 9.17) is 0 Å². The first-order valence-electron chi connectivity index (χ1n) is 11.5. The first kappa shape index (κ1) is 31.1. The van der Waals surface area contributed by atoms with Crippen LogP contribution >= 0.6 is 0 Å². The van der Waals surface area contributed by atoms with E-state index in [1.54, 1.807) is 0 Å². The average molecular weight is 429 g/mol. The number of aliphatic hydroxyl groups excluding tert-OH is 1. The molecule has 28 heavy (non-hydrogen) atoms. The van der Waals surface area contributed by atoms with Crippen molar-refractivity contribution in [2.45, 2.75) is 141 Å². The summed E-state index contributed by atoms with van der Waals surface area (Å²) in [6.45, 7) is 4.32. The van der Waals surface area contributed by atoms with Gasteiger partial charge in [-0.15, -0.1) is 0 Å². The topological polar surface area (TPSA) is 77.4 Å². The minimum absolute atomic E-state index is 0. The summed E-state index contributed by atoms with van der Waals surface area (Å²) in [6, 6.07) is 0. The molecule has 0 aromatic heterocycles. The molecule has 6 heteroatoms. The van der Waals surface area contributed by atoms with Crippen molar-refractivity contribution >= 4 is 10.1 Å². The molecule has 0 aliphatic heterocycles. The first-order chi connectivity index (χ1) is 12.9. The maximum atomic E-state index is 11.5. The van der Waals surface area contributed by atoms with Crippen LogP contribution in [0.15, 0.2) is 0 Å². The van der Waals surface area contributed by atoms with Crippen molar-refractivity contribution in [3.63, 3.8) is 0 Å². The predicted molar refractivity (Wildman–Crippen MR) is 114 cm³/mol. The molecule has 0 aliphatic carbocycles. The molecule has 0 aromatic carbocycles. The van der Waals surface area contributed by atoms with Crippen LogP contribution in [-0.2, 0) is 10.1 Å². The van der Waals surface area contributed by atoms with Crippen molar-refractivity contribution in [1.29, 1.82) is 0 Å². The molecule has 0 aromatic rings. The van der Waals surface area contributed by atoms with Gasteiger partial charge in [0.25, 0.3) is 0 Å². The van der Waals surface area contributed by atoms with Crippen LogP contribution in [-0.4, -0.2) is 29.4 Å². The Kier molecular flexibility index (Phi) is 23.4. The van der Waals surface area contributed by atoms with Gasteiger partial charge in [0.1, 0.15) is 0 Å². The van der Waals surface area contributed by atoms with Crippen molar-refractivity contribution in [2.75, 3.05) is 0 Å². The standard InChI is InChI=1S/C22H46O4S.Na/c1-3-5-7-8-12-15-19-22(27(24,25)26)20-16-13-10-9-11-14-18-21(23)17-6-4-2;/h21-23H,3-20H2,1-2H3,(H,24,25,26);/q;+1/p-1. The van der Waals surface area contributed by atoms with Gasteiger partial charge in [-0.2, -0.15) is 0 Å². The van der Waals surface area contributed by atoms with Crippen molar-refractivity contribution in [3.05, 3.63) is 0 Å². The van der Waals surface area contributed by atoms with Gasteiger partial charge in [0.05, 0.1) is 16.2 Å². The molecule has 0 rings (SSSR count). The smallest absolute Gasteiger partial charge is 0.748 e. The van der Waals surface area contributed by atoms with Crippen molar-refractivity contribution in [2.24, 2.45) is 0 Å². The number of hydrogen-bond donors (Lipinski definition) is 1. The van der Waals surface area contributed by atoms with Gasteiger partial charge in [0, 0.05) is 5.25 Å². The zero-order chi connectivity index (χ0) is 20.4. The minimum atomic E-state index is -4.16. The van der Waals surface area contributed by atoms with Crippen LogP contribution in [0.3, 0.4) is 0 Å². The van der Waals surface area contributed by atoms with E-state index in [0.29, 0.717) is 12.8 Å². The molecule has 164 valence electrons. The Bertz CT molecular complexity index is 415. The molecule has 0 saturated carbocycles. The Morgan fingerprint density at radius 2 is 1.00 bits per heavy atom. The summed E-state index contributed by atoms with van der Waals surface area (Å²) >= 11 is 0. The third kappa shape index (κ3) is 20.2. The molecule has 4 nitrogen and oxygen atoms in total. The van der Waals surface area contributed by atoms with Gasteiger partial charge in [-0.3, -0.25) is 0 Å². The van der Waals surface area contributed by atoms with Crippen molar-refractivity contribution in [3.8, 4) is 0 Å². The molecule has 0 amide bonds. The monoisotopic (exact) mass is 428 g/mol. The molecule has 0 spiro atoms. The van der Waals surface area contributed by atoms with Crippen LogP contribution in [0.1, 0.15) is 129 Å². The van der Waals surface area contributed by atoms with Crippen LogP contribution in [0, 0.1) is 0 Å². The van der Waals surface area contributed by atoms with Crippen LogP contribution in [0.4, 0.5) is 0 Å². The molecular formula is C22H45NaO4S. The summed E-state index contributed by atoms with van der Waals surface area (Å²) in [7, 11) is -4.16. The summed E-state index contributed by atoms with van der Waals surface area (Å²) in [5.74, 6) is 0. The van der Waals surface area contributed by atoms with Crippen LogP contribution in [0.5, 0.6) is 0 Å². The fourth-order valence-corrected chi connectivity index (χ4v) is 4.54. The average Bonchev–Trinajstić information content (AvgIpc) is 2.62. The first-order valence-corrected chi connectivity index (χ1v) is 13.0. The molecule has 0 bridgehead atoms. The van der Waals surface area contributed by atoms with E-state index in [-0.39, 0.29) is 35.7 Å². The van der Waals surface area contributed by atoms with E-state index < -0.39 is 15.4 Å². The van der Waals surface area contributed by atoms with Crippen molar-refractivity contribution in [1.82, 2.24) is 0 Å². The number of rotatable bonds is 20. The maximum absolute atomic E-state index is 11.5. The summed E-state index contributed by atoms with van der Waals surface area (Å²) in [5, 5.41) is 9.12. The largest absolute Gasteiger partial charge is 1.00 e. The summed E-state index contributed by atoms with van der Waals surface area (Å²) in [6.07, 6.45) is 17.9. The van der Waals surface area contributed by atoms with Gasteiger partial charge in [-0.05, 0) is 25.7 Å². The Hall–Kier alpha value is 0.870. The quantitative estimate of drug-likeness (QED) is 0.183. The molecule has 0 radical (unpaired) electrons. The second-order valence-electron chi connectivity index (χ2n) is 8.17. The molecule has 2 unspecified atom stereocenters. The minimum Gasteiger partial charge on any atom is -0.748 e. The number of unbranched alkanes of at least 4 members (excludes halogenated alkanes) is 11. The van der Waals surface area contributed by atoms with E-state index >= 15 is 0 Å². The number of hydrogen-bond acceptors (Lipinski definition) is 4. The molecule has 0 fully saturated rings. The van der Waals surface area contributed by atoms with Gasteiger partial charge < -0.3 is 9.66 Å². The van der Waals surface area contributed by atoms with E-state index in [0.717, 1.165) is 83.5 Å². The Balaban J connectivity index is 0. The molecule has 0 aliphatic rings. The van der Waals surface area contributed by atoms with Crippen LogP contribution in [0.2, 0.25) is 0 Å². The zero-order valence-corrected chi connectivity index (χ0v) is 21.8.